The van der Waals surface area contributed by atoms with Crippen molar-refractivity contribution in [1.29, 1.82) is 0 Å². The van der Waals surface area contributed by atoms with Crippen molar-refractivity contribution in [3.63, 3.8) is 0 Å². The lowest BCUT2D eigenvalue weighted by molar-refractivity contribution is -0.140. The first-order chi connectivity index (χ1) is 9.97. The van der Waals surface area contributed by atoms with E-state index in [4.69, 9.17) is 9.84 Å². The summed E-state index contributed by atoms with van der Waals surface area (Å²) in [5.74, 6) is -1.65. The van der Waals surface area contributed by atoms with Crippen molar-refractivity contribution in [2.75, 3.05) is 13.2 Å². The Kier molecular flexibility index (Phi) is 4.80. The molecule has 3 atom stereocenters. The van der Waals surface area contributed by atoms with Crippen LogP contribution in [0.1, 0.15) is 12.0 Å². The van der Waals surface area contributed by atoms with E-state index in [9.17, 15) is 14.7 Å². The summed E-state index contributed by atoms with van der Waals surface area (Å²) in [6.07, 6.45) is -0.465. The number of benzene rings is 1. The number of rotatable bonds is 7. The molecule has 1 aliphatic carbocycles. The van der Waals surface area contributed by atoms with Gasteiger partial charge in [0.1, 0.15) is 18.5 Å². The SMILES string of the molecule is Cc1cccc(OC[C@H](O)CNC(=O)[C@@H]2C[C@H]2C(=O)O)c1. The van der Waals surface area contributed by atoms with Gasteiger partial charge in [-0.25, -0.2) is 0 Å². The van der Waals surface area contributed by atoms with Crippen LogP contribution in [0.4, 0.5) is 0 Å². The number of aliphatic hydroxyl groups is 1. The monoisotopic (exact) mass is 293 g/mol. The van der Waals surface area contributed by atoms with E-state index in [-0.39, 0.29) is 19.1 Å². The molecule has 0 unspecified atom stereocenters. The Balaban J connectivity index is 1.67. The topological polar surface area (TPSA) is 95.9 Å². The number of aryl methyl sites for hydroxylation is 1. The molecule has 0 aliphatic heterocycles. The van der Waals surface area contributed by atoms with Crippen LogP contribution >= 0.6 is 0 Å². The highest BCUT2D eigenvalue weighted by Gasteiger charge is 2.48. The number of amides is 1. The normalized spacial score (nSPS) is 21.4. The van der Waals surface area contributed by atoms with E-state index in [0.717, 1.165) is 5.56 Å². The molecule has 0 heterocycles. The van der Waals surface area contributed by atoms with Crippen molar-refractivity contribution in [2.24, 2.45) is 11.8 Å². The molecule has 21 heavy (non-hydrogen) atoms. The Bertz CT molecular complexity index is 531. The van der Waals surface area contributed by atoms with E-state index >= 15 is 0 Å². The lowest BCUT2D eigenvalue weighted by Crippen LogP contribution is -2.36. The lowest BCUT2D eigenvalue weighted by atomic mass is 10.2. The number of hydrogen-bond donors (Lipinski definition) is 3. The fourth-order valence-electron chi connectivity index (χ4n) is 2.06. The van der Waals surface area contributed by atoms with Crippen LogP contribution < -0.4 is 10.1 Å². The zero-order valence-corrected chi connectivity index (χ0v) is 11.8. The summed E-state index contributed by atoms with van der Waals surface area (Å²) in [6.45, 7) is 2.06. The van der Waals surface area contributed by atoms with Gasteiger partial charge in [-0.1, -0.05) is 12.1 Å². The molecule has 1 aromatic carbocycles. The number of carboxylic acid groups (broad SMARTS) is 1. The van der Waals surface area contributed by atoms with Gasteiger partial charge in [0, 0.05) is 6.54 Å². The minimum Gasteiger partial charge on any atom is -0.491 e. The summed E-state index contributed by atoms with van der Waals surface area (Å²) in [5, 5.41) is 21.0. The van der Waals surface area contributed by atoms with Crippen molar-refractivity contribution >= 4 is 11.9 Å². The summed E-state index contributed by atoms with van der Waals surface area (Å²) in [4.78, 5) is 22.3. The Hall–Kier alpha value is -2.08. The first kappa shape index (κ1) is 15.3. The molecule has 0 spiro atoms. The molecule has 1 fully saturated rings. The van der Waals surface area contributed by atoms with Gasteiger partial charge in [0.25, 0.3) is 0 Å². The van der Waals surface area contributed by atoms with Crippen LogP contribution in [0.25, 0.3) is 0 Å². The molecule has 0 radical (unpaired) electrons. The van der Waals surface area contributed by atoms with Gasteiger partial charge in [0.15, 0.2) is 0 Å². The molecule has 1 aromatic rings. The molecule has 1 aliphatic rings. The number of carbonyl (C=O) groups is 2. The van der Waals surface area contributed by atoms with E-state index in [1.807, 2.05) is 25.1 Å². The van der Waals surface area contributed by atoms with E-state index in [1.165, 1.54) is 0 Å². The number of carbonyl (C=O) groups excluding carboxylic acids is 1. The van der Waals surface area contributed by atoms with Crippen LogP contribution in [0.3, 0.4) is 0 Å². The molecule has 0 saturated heterocycles. The average molecular weight is 293 g/mol. The minimum atomic E-state index is -0.946. The molecule has 2 rings (SSSR count). The molecule has 1 amide bonds. The average Bonchev–Trinajstić information content (AvgIpc) is 3.23. The first-order valence-corrected chi connectivity index (χ1v) is 6.85. The Labute approximate surface area is 122 Å². The van der Waals surface area contributed by atoms with Crippen molar-refractivity contribution < 1.29 is 24.5 Å². The van der Waals surface area contributed by atoms with E-state index in [2.05, 4.69) is 5.32 Å². The van der Waals surface area contributed by atoms with Crippen molar-refractivity contribution in [3.8, 4) is 5.75 Å². The molecule has 0 aromatic heterocycles. The second kappa shape index (κ2) is 6.58. The molecule has 114 valence electrons. The predicted octanol–water partition coefficient (Wildman–Crippen LogP) is 0.572. The quantitative estimate of drug-likeness (QED) is 0.683. The minimum absolute atomic E-state index is 0.0491. The third-order valence-corrected chi connectivity index (χ3v) is 3.39. The van der Waals surface area contributed by atoms with Crippen LogP contribution in [-0.4, -0.2) is 41.3 Å². The molecule has 6 nitrogen and oxygen atoms in total. The molecular weight excluding hydrogens is 274 g/mol. The fraction of sp³-hybridized carbons (Fsp3) is 0.467. The largest absolute Gasteiger partial charge is 0.491 e. The number of carboxylic acids is 1. The molecule has 3 N–H and O–H groups in total. The molecular formula is C15H19NO5. The van der Waals surface area contributed by atoms with Gasteiger partial charge in [0.05, 0.1) is 11.8 Å². The molecule has 0 bridgehead atoms. The highest BCUT2D eigenvalue weighted by atomic mass is 16.5. The summed E-state index contributed by atoms with van der Waals surface area (Å²) >= 11 is 0. The highest BCUT2D eigenvalue weighted by Crippen LogP contribution is 2.38. The second-order valence-electron chi connectivity index (χ2n) is 5.31. The molecule has 6 heteroatoms. The molecule has 1 saturated carbocycles. The maximum atomic E-state index is 11.6. The van der Waals surface area contributed by atoms with Gasteiger partial charge in [-0.05, 0) is 31.0 Å². The van der Waals surface area contributed by atoms with Crippen molar-refractivity contribution in [2.45, 2.75) is 19.4 Å². The zero-order valence-electron chi connectivity index (χ0n) is 11.8. The van der Waals surface area contributed by atoms with Gasteiger partial charge in [-0.2, -0.15) is 0 Å². The van der Waals surface area contributed by atoms with Crippen molar-refractivity contribution in [1.82, 2.24) is 5.32 Å². The zero-order chi connectivity index (χ0) is 15.4. The van der Waals surface area contributed by atoms with Gasteiger partial charge in [-0.3, -0.25) is 9.59 Å². The van der Waals surface area contributed by atoms with Crippen molar-refractivity contribution in [3.05, 3.63) is 29.8 Å². The van der Waals surface area contributed by atoms with Gasteiger partial charge >= 0.3 is 5.97 Å². The number of nitrogens with one attached hydrogen (secondary N) is 1. The Morgan fingerprint density at radius 3 is 2.81 bits per heavy atom. The van der Waals surface area contributed by atoms with Gasteiger partial charge < -0.3 is 20.3 Å². The lowest BCUT2D eigenvalue weighted by Gasteiger charge is -2.13. The number of hydrogen-bond acceptors (Lipinski definition) is 4. The van der Waals surface area contributed by atoms with E-state index < -0.39 is 23.9 Å². The highest BCUT2D eigenvalue weighted by molar-refractivity contribution is 5.89. The van der Waals surface area contributed by atoms with Crippen LogP contribution in [0.15, 0.2) is 24.3 Å². The summed E-state index contributed by atoms with van der Waals surface area (Å²) in [6, 6.07) is 7.45. The maximum absolute atomic E-state index is 11.6. The Morgan fingerprint density at radius 1 is 1.43 bits per heavy atom. The van der Waals surface area contributed by atoms with Gasteiger partial charge in [-0.15, -0.1) is 0 Å². The standard InChI is InChI=1S/C15H19NO5/c1-9-3-2-4-11(5-9)21-8-10(17)7-16-14(18)12-6-13(12)15(19)20/h2-5,10,12-13,17H,6-8H2,1H3,(H,16,18)(H,19,20)/t10-,12-,13-/m1/s1. The van der Waals surface area contributed by atoms with Crippen LogP contribution in [0.2, 0.25) is 0 Å². The fourth-order valence-corrected chi connectivity index (χ4v) is 2.06. The maximum Gasteiger partial charge on any atom is 0.307 e. The Morgan fingerprint density at radius 2 is 2.19 bits per heavy atom. The summed E-state index contributed by atoms with van der Waals surface area (Å²) in [7, 11) is 0. The number of ether oxygens (including phenoxy) is 1. The number of aliphatic hydroxyl groups excluding tert-OH is 1. The van der Waals surface area contributed by atoms with Crippen LogP contribution in [0, 0.1) is 18.8 Å². The smallest absolute Gasteiger partial charge is 0.307 e. The first-order valence-electron chi connectivity index (χ1n) is 6.85. The van der Waals surface area contributed by atoms with Crippen LogP contribution in [0.5, 0.6) is 5.75 Å². The summed E-state index contributed by atoms with van der Waals surface area (Å²) < 4.78 is 5.42. The van der Waals surface area contributed by atoms with Crippen LogP contribution in [-0.2, 0) is 9.59 Å². The third kappa shape index (κ3) is 4.46. The van der Waals surface area contributed by atoms with Gasteiger partial charge in [0.2, 0.25) is 5.91 Å². The van der Waals surface area contributed by atoms with E-state index in [0.29, 0.717) is 12.2 Å². The second-order valence-corrected chi connectivity index (χ2v) is 5.31. The number of aliphatic carboxylic acids is 1. The summed E-state index contributed by atoms with van der Waals surface area (Å²) in [5.41, 5.74) is 1.06. The third-order valence-electron chi connectivity index (χ3n) is 3.39. The van der Waals surface area contributed by atoms with E-state index in [1.54, 1.807) is 6.07 Å². The predicted molar refractivity (Wildman–Crippen MR) is 74.9 cm³/mol.